The van der Waals surface area contributed by atoms with Gasteiger partial charge < -0.3 is 4.90 Å². The summed E-state index contributed by atoms with van der Waals surface area (Å²) in [6.07, 6.45) is 7.00. The van der Waals surface area contributed by atoms with E-state index in [-0.39, 0.29) is 6.03 Å². The highest BCUT2D eigenvalue weighted by Crippen LogP contribution is 2.22. The van der Waals surface area contributed by atoms with Gasteiger partial charge in [0.1, 0.15) is 0 Å². The Hall–Kier alpha value is -2.86. The standard InChI is InChI=1S/C18H16ClN5O/c19-15-3-1-14(2-4-15)12-22-9-10-23(18(22)25)17-11-21-24(13-17)16-5-7-20-8-6-16/h1-8,11,13H,9-10,12H2. The SMILES string of the molecule is O=C1N(Cc2ccc(Cl)cc2)CCN1c1cnn(-c2ccncc2)c1. The lowest BCUT2D eigenvalue weighted by Gasteiger charge is -2.17. The molecule has 0 N–H and O–H groups in total. The second-order valence-electron chi connectivity index (χ2n) is 5.83. The molecule has 126 valence electrons. The number of hydrogen-bond acceptors (Lipinski definition) is 3. The quantitative estimate of drug-likeness (QED) is 0.722. The van der Waals surface area contributed by atoms with Gasteiger partial charge >= 0.3 is 6.03 Å². The average Bonchev–Trinajstić information content (AvgIpc) is 3.25. The van der Waals surface area contributed by atoms with Gasteiger partial charge in [0.2, 0.25) is 0 Å². The summed E-state index contributed by atoms with van der Waals surface area (Å²) in [7, 11) is 0. The summed E-state index contributed by atoms with van der Waals surface area (Å²) in [6, 6.07) is 11.3. The lowest BCUT2D eigenvalue weighted by molar-refractivity contribution is 0.219. The minimum absolute atomic E-state index is 0.00997. The summed E-state index contributed by atoms with van der Waals surface area (Å²) < 4.78 is 1.74. The molecule has 1 saturated heterocycles. The van der Waals surface area contributed by atoms with Crippen LogP contribution < -0.4 is 4.90 Å². The Balaban J connectivity index is 1.48. The minimum Gasteiger partial charge on any atom is -0.318 e. The van der Waals surface area contributed by atoms with Crippen LogP contribution in [0.1, 0.15) is 5.56 Å². The van der Waals surface area contributed by atoms with Crippen molar-refractivity contribution in [1.82, 2.24) is 19.7 Å². The van der Waals surface area contributed by atoms with Crippen molar-refractivity contribution in [2.75, 3.05) is 18.0 Å². The lowest BCUT2D eigenvalue weighted by atomic mass is 10.2. The van der Waals surface area contributed by atoms with E-state index < -0.39 is 0 Å². The van der Waals surface area contributed by atoms with Crippen LogP contribution in [0.15, 0.2) is 61.2 Å². The number of amides is 2. The zero-order chi connectivity index (χ0) is 17.2. The van der Waals surface area contributed by atoms with E-state index in [1.54, 1.807) is 28.2 Å². The number of urea groups is 1. The molecule has 2 amide bonds. The minimum atomic E-state index is -0.00997. The van der Waals surface area contributed by atoms with Crippen LogP contribution in [0, 0.1) is 0 Å². The number of aromatic nitrogens is 3. The number of halogens is 1. The van der Waals surface area contributed by atoms with Crippen molar-refractivity contribution >= 4 is 23.3 Å². The number of anilines is 1. The first kappa shape index (κ1) is 15.7. The van der Waals surface area contributed by atoms with Gasteiger partial charge in [0.05, 0.1) is 23.8 Å². The van der Waals surface area contributed by atoms with Crippen molar-refractivity contribution in [3.63, 3.8) is 0 Å². The zero-order valence-electron chi connectivity index (χ0n) is 13.4. The van der Waals surface area contributed by atoms with Gasteiger partial charge in [-0.1, -0.05) is 23.7 Å². The summed E-state index contributed by atoms with van der Waals surface area (Å²) in [5.41, 5.74) is 2.76. The molecule has 0 aliphatic carbocycles. The van der Waals surface area contributed by atoms with E-state index >= 15 is 0 Å². The Kier molecular flexibility index (Phi) is 4.11. The maximum Gasteiger partial charge on any atom is 0.325 e. The van der Waals surface area contributed by atoms with Gasteiger partial charge in [-0.3, -0.25) is 9.88 Å². The molecule has 2 aromatic heterocycles. The Bertz CT molecular complexity index is 878. The molecule has 1 aliphatic rings. The van der Waals surface area contributed by atoms with E-state index in [0.717, 1.165) is 16.9 Å². The van der Waals surface area contributed by atoms with Gasteiger partial charge in [0.25, 0.3) is 0 Å². The third-order valence-electron chi connectivity index (χ3n) is 4.19. The van der Waals surface area contributed by atoms with E-state index in [1.807, 2.05) is 47.5 Å². The van der Waals surface area contributed by atoms with Crippen LogP contribution in [0.3, 0.4) is 0 Å². The van der Waals surface area contributed by atoms with Crippen molar-refractivity contribution in [2.24, 2.45) is 0 Å². The number of pyridine rings is 1. The monoisotopic (exact) mass is 353 g/mol. The highest BCUT2D eigenvalue weighted by Gasteiger charge is 2.30. The number of benzene rings is 1. The highest BCUT2D eigenvalue weighted by atomic mass is 35.5. The molecule has 0 saturated carbocycles. The second-order valence-corrected chi connectivity index (χ2v) is 6.27. The smallest absolute Gasteiger partial charge is 0.318 e. The van der Waals surface area contributed by atoms with Gasteiger partial charge in [-0.2, -0.15) is 5.10 Å². The molecule has 0 unspecified atom stereocenters. The van der Waals surface area contributed by atoms with Crippen LogP contribution in [0.25, 0.3) is 5.69 Å². The Morgan fingerprint density at radius 1 is 1.00 bits per heavy atom. The van der Waals surface area contributed by atoms with Gasteiger partial charge in [-0.25, -0.2) is 9.48 Å². The molecule has 25 heavy (non-hydrogen) atoms. The van der Waals surface area contributed by atoms with Crippen LogP contribution in [0.5, 0.6) is 0 Å². The molecule has 1 aromatic carbocycles. The van der Waals surface area contributed by atoms with Crippen LogP contribution in [-0.2, 0) is 6.54 Å². The Morgan fingerprint density at radius 3 is 2.52 bits per heavy atom. The van der Waals surface area contributed by atoms with Gasteiger partial charge in [-0.15, -0.1) is 0 Å². The average molecular weight is 354 g/mol. The first-order valence-electron chi connectivity index (χ1n) is 7.97. The van der Waals surface area contributed by atoms with Crippen molar-refractivity contribution in [1.29, 1.82) is 0 Å². The van der Waals surface area contributed by atoms with E-state index in [4.69, 9.17) is 11.6 Å². The number of nitrogens with zero attached hydrogens (tertiary/aromatic N) is 5. The fourth-order valence-electron chi connectivity index (χ4n) is 2.87. The van der Waals surface area contributed by atoms with Crippen LogP contribution in [0.2, 0.25) is 5.02 Å². The van der Waals surface area contributed by atoms with Gasteiger partial charge in [0, 0.05) is 37.1 Å². The molecule has 0 spiro atoms. The Labute approximate surface area is 150 Å². The van der Waals surface area contributed by atoms with Crippen LogP contribution in [0.4, 0.5) is 10.5 Å². The molecular weight excluding hydrogens is 338 g/mol. The second kappa shape index (κ2) is 6.57. The molecule has 0 atom stereocenters. The summed E-state index contributed by atoms with van der Waals surface area (Å²) in [4.78, 5) is 20.3. The predicted octanol–water partition coefficient (Wildman–Crippen LogP) is 3.36. The number of hydrogen-bond donors (Lipinski definition) is 0. The number of carbonyl (C=O) groups is 1. The van der Waals surface area contributed by atoms with Crippen molar-refractivity contribution in [2.45, 2.75) is 6.54 Å². The molecule has 0 bridgehead atoms. The molecule has 0 radical (unpaired) electrons. The van der Waals surface area contributed by atoms with Crippen LogP contribution >= 0.6 is 11.6 Å². The van der Waals surface area contributed by atoms with E-state index in [9.17, 15) is 4.79 Å². The molecular formula is C18H16ClN5O. The number of carbonyl (C=O) groups excluding carboxylic acids is 1. The molecule has 4 rings (SSSR count). The molecule has 1 aliphatic heterocycles. The van der Waals surface area contributed by atoms with E-state index in [0.29, 0.717) is 24.7 Å². The van der Waals surface area contributed by atoms with Gasteiger partial charge in [0.15, 0.2) is 0 Å². The molecule has 1 fully saturated rings. The van der Waals surface area contributed by atoms with Crippen molar-refractivity contribution in [3.05, 3.63) is 71.8 Å². The normalized spacial score (nSPS) is 14.4. The zero-order valence-corrected chi connectivity index (χ0v) is 14.2. The third-order valence-corrected chi connectivity index (χ3v) is 4.44. The summed E-state index contributed by atoms with van der Waals surface area (Å²) >= 11 is 5.91. The van der Waals surface area contributed by atoms with Crippen molar-refractivity contribution < 1.29 is 4.79 Å². The maximum absolute atomic E-state index is 12.7. The van der Waals surface area contributed by atoms with Crippen molar-refractivity contribution in [3.8, 4) is 5.69 Å². The molecule has 7 heteroatoms. The first-order valence-corrected chi connectivity index (χ1v) is 8.34. The largest absolute Gasteiger partial charge is 0.325 e. The predicted molar refractivity (Wildman–Crippen MR) is 96.0 cm³/mol. The van der Waals surface area contributed by atoms with Gasteiger partial charge in [-0.05, 0) is 29.8 Å². The van der Waals surface area contributed by atoms with E-state index in [1.165, 1.54) is 0 Å². The Morgan fingerprint density at radius 2 is 1.76 bits per heavy atom. The first-order chi connectivity index (χ1) is 12.2. The summed E-state index contributed by atoms with van der Waals surface area (Å²) in [6.45, 7) is 1.90. The topological polar surface area (TPSA) is 54.3 Å². The summed E-state index contributed by atoms with van der Waals surface area (Å²) in [5.74, 6) is 0. The fraction of sp³-hybridized carbons (Fsp3) is 0.167. The van der Waals surface area contributed by atoms with E-state index in [2.05, 4.69) is 10.1 Å². The summed E-state index contributed by atoms with van der Waals surface area (Å²) in [5, 5.41) is 5.04. The molecule has 3 aromatic rings. The molecule has 3 heterocycles. The number of rotatable bonds is 4. The molecule has 6 nitrogen and oxygen atoms in total. The third kappa shape index (κ3) is 3.21. The maximum atomic E-state index is 12.7. The van der Waals surface area contributed by atoms with Crippen LogP contribution in [-0.4, -0.2) is 38.8 Å². The lowest BCUT2D eigenvalue weighted by Crippen LogP contribution is -2.31. The fourth-order valence-corrected chi connectivity index (χ4v) is 3.00. The highest BCUT2D eigenvalue weighted by molar-refractivity contribution is 6.30.